The zero-order chi connectivity index (χ0) is 20.9. The number of nitrogens with one attached hydrogen (secondary N) is 1. The van der Waals surface area contributed by atoms with Crippen molar-refractivity contribution in [3.8, 4) is 16.3 Å². The summed E-state index contributed by atoms with van der Waals surface area (Å²) in [6.45, 7) is 1.18. The third kappa shape index (κ3) is 6.39. The van der Waals surface area contributed by atoms with Crippen LogP contribution in [0.15, 0.2) is 59.2 Å². The average Bonchev–Trinajstić information content (AvgIpc) is 3.19. The second-order valence-corrected chi connectivity index (χ2v) is 10.4. The molecule has 0 fully saturated rings. The van der Waals surface area contributed by atoms with Crippen LogP contribution in [0.3, 0.4) is 0 Å². The molecule has 154 valence electrons. The maximum Gasteiger partial charge on any atom is 0.340 e. The van der Waals surface area contributed by atoms with E-state index in [4.69, 9.17) is 14.5 Å². The van der Waals surface area contributed by atoms with E-state index < -0.39 is 23.9 Å². The second kappa shape index (κ2) is 9.08. The predicted molar refractivity (Wildman–Crippen MR) is 105 cm³/mol. The lowest BCUT2D eigenvalue weighted by molar-refractivity contribution is -0.697. The summed E-state index contributed by atoms with van der Waals surface area (Å²) < 4.78 is 44.1. The quantitative estimate of drug-likeness (QED) is 0.319. The van der Waals surface area contributed by atoms with Gasteiger partial charge in [0.1, 0.15) is 23.6 Å². The summed E-state index contributed by atoms with van der Waals surface area (Å²) in [4.78, 5) is 17.6. The van der Waals surface area contributed by atoms with Gasteiger partial charge in [-0.1, -0.05) is 17.4 Å². The summed E-state index contributed by atoms with van der Waals surface area (Å²) in [5.74, 6) is 0.658. The molecular formula is C16H18N4O6PS2+. The SMILES string of the molecule is O=P(O)(O)CNS(=O)(=O)c1nnc(-c2ccc(OCC[n+]3ccccc3)cc2)s1. The van der Waals surface area contributed by atoms with Gasteiger partial charge in [-0.2, -0.15) is 4.72 Å². The maximum atomic E-state index is 12.0. The second-order valence-electron chi connectivity index (χ2n) is 5.83. The largest absolute Gasteiger partial charge is 0.487 e. The molecule has 0 spiro atoms. The molecule has 0 unspecified atom stereocenters. The van der Waals surface area contributed by atoms with Crippen molar-refractivity contribution in [2.75, 3.05) is 12.9 Å². The Kier molecular flexibility index (Phi) is 6.73. The Labute approximate surface area is 171 Å². The summed E-state index contributed by atoms with van der Waals surface area (Å²) in [6, 6.07) is 12.8. The van der Waals surface area contributed by atoms with Crippen molar-refractivity contribution >= 4 is 29.0 Å². The molecule has 0 bridgehead atoms. The van der Waals surface area contributed by atoms with Crippen molar-refractivity contribution in [2.45, 2.75) is 10.9 Å². The number of benzene rings is 1. The topological polar surface area (TPSA) is 143 Å². The van der Waals surface area contributed by atoms with E-state index in [-0.39, 0.29) is 4.34 Å². The summed E-state index contributed by atoms with van der Waals surface area (Å²) in [6.07, 6.45) is 2.89. The molecule has 2 heterocycles. The van der Waals surface area contributed by atoms with Crippen molar-refractivity contribution in [3.05, 3.63) is 54.9 Å². The molecular weight excluding hydrogens is 439 g/mol. The van der Waals surface area contributed by atoms with Crippen LogP contribution < -0.4 is 14.0 Å². The molecule has 3 aromatic rings. The van der Waals surface area contributed by atoms with Gasteiger partial charge in [0.15, 0.2) is 18.9 Å². The number of nitrogens with zero attached hydrogens (tertiary/aromatic N) is 3. The molecule has 29 heavy (non-hydrogen) atoms. The van der Waals surface area contributed by atoms with Crippen LogP contribution in [0.1, 0.15) is 0 Å². The van der Waals surface area contributed by atoms with Crippen LogP contribution in [-0.4, -0.2) is 41.3 Å². The van der Waals surface area contributed by atoms with Crippen LogP contribution in [0.4, 0.5) is 0 Å². The average molecular weight is 457 g/mol. The molecule has 0 atom stereocenters. The zero-order valence-corrected chi connectivity index (χ0v) is 17.5. The maximum absolute atomic E-state index is 12.0. The summed E-state index contributed by atoms with van der Waals surface area (Å²) in [7, 11) is -8.67. The Hall–Kier alpha value is -2.21. The van der Waals surface area contributed by atoms with Gasteiger partial charge in [0.05, 0.1) is 0 Å². The highest BCUT2D eigenvalue weighted by atomic mass is 32.2. The van der Waals surface area contributed by atoms with Gasteiger partial charge in [0.25, 0.3) is 10.0 Å². The Balaban J connectivity index is 1.61. The Morgan fingerprint density at radius 2 is 1.79 bits per heavy atom. The van der Waals surface area contributed by atoms with E-state index in [1.165, 1.54) is 0 Å². The number of rotatable bonds is 9. The van der Waals surface area contributed by atoms with E-state index >= 15 is 0 Å². The predicted octanol–water partition coefficient (Wildman–Crippen LogP) is 0.985. The lowest BCUT2D eigenvalue weighted by Gasteiger charge is -2.05. The van der Waals surface area contributed by atoms with Gasteiger partial charge in [-0.15, -0.1) is 10.2 Å². The normalized spacial score (nSPS) is 12.1. The molecule has 0 aliphatic heterocycles. The van der Waals surface area contributed by atoms with Crippen LogP contribution in [0.2, 0.25) is 0 Å². The Morgan fingerprint density at radius 3 is 2.45 bits per heavy atom. The van der Waals surface area contributed by atoms with Crippen molar-refractivity contribution in [2.24, 2.45) is 0 Å². The number of pyridine rings is 1. The van der Waals surface area contributed by atoms with Crippen molar-refractivity contribution in [1.82, 2.24) is 14.9 Å². The van der Waals surface area contributed by atoms with Crippen LogP contribution in [0, 0.1) is 0 Å². The van der Waals surface area contributed by atoms with Gasteiger partial charge in [-0.3, -0.25) is 4.57 Å². The first kappa shape index (κ1) is 21.5. The van der Waals surface area contributed by atoms with Crippen molar-refractivity contribution in [3.63, 3.8) is 0 Å². The van der Waals surface area contributed by atoms with Gasteiger partial charge in [0.2, 0.25) is 4.34 Å². The number of sulfonamides is 1. The minimum Gasteiger partial charge on any atom is -0.487 e. The van der Waals surface area contributed by atoms with Crippen LogP contribution >= 0.6 is 18.9 Å². The Morgan fingerprint density at radius 1 is 1.10 bits per heavy atom. The van der Waals surface area contributed by atoms with Gasteiger partial charge in [0, 0.05) is 17.7 Å². The molecule has 3 N–H and O–H groups in total. The first-order chi connectivity index (χ1) is 13.7. The van der Waals surface area contributed by atoms with E-state index in [2.05, 4.69) is 10.2 Å². The fourth-order valence-corrected chi connectivity index (χ4v) is 5.27. The van der Waals surface area contributed by atoms with E-state index in [1.807, 2.05) is 39.9 Å². The molecule has 0 aliphatic carbocycles. The first-order valence-electron chi connectivity index (χ1n) is 8.28. The highest BCUT2D eigenvalue weighted by molar-refractivity contribution is 7.91. The van der Waals surface area contributed by atoms with E-state index in [0.717, 1.165) is 11.3 Å². The number of aromatic nitrogens is 3. The van der Waals surface area contributed by atoms with Gasteiger partial charge in [-0.05, 0) is 24.3 Å². The molecule has 1 aromatic carbocycles. The first-order valence-corrected chi connectivity index (χ1v) is 12.4. The van der Waals surface area contributed by atoms with Gasteiger partial charge >= 0.3 is 7.60 Å². The third-order valence-corrected chi connectivity index (χ3v) is 7.12. The number of ether oxygens (including phenoxy) is 1. The molecule has 0 aliphatic rings. The van der Waals surface area contributed by atoms with Crippen LogP contribution in [-0.2, 0) is 21.1 Å². The minimum absolute atomic E-state index is 0.355. The highest BCUT2D eigenvalue weighted by Crippen LogP contribution is 2.33. The summed E-state index contributed by atoms with van der Waals surface area (Å²) >= 11 is 0.795. The fraction of sp³-hybridized carbons (Fsp3) is 0.188. The summed E-state index contributed by atoms with van der Waals surface area (Å²) in [5, 5.41) is 7.80. The summed E-state index contributed by atoms with van der Waals surface area (Å²) in [5.41, 5.74) is 0.642. The lowest BCUT2D eigenvalue weighted by atomic mass is 10.2. The van der Waals surface area contributed by atoms with Gasteiger partial charge < -0.3 is 14.5 Å². The molecule has 2 aromatic heterocycles. The van der Waals surface area contributed by atoms with Crippen molar-refractivity contribution in [1.29, 1.82) is 0 Å². The molecule has 0 saturated carbocycles. The molecule has 0 amide bonds. The highest BCUT2D eigenvalue weighted by Gasteiger charge is 2.24. The molecule has 3 rings (SSSR count). The molecule has 13 heteroatoms. The van der Waals surface area contributed by atoms with E-state index in [0.29, 0.717) is 29.5 Å². The monoisotopic (exact) mass is 457 g/mol. The van der Waals surface area contributed by atoms with E-state index in [9.17, 15) is 13.0 Å². The standard InChI is InChI=1S/C16H17N4O6PS2/c21-27(22,23)12-17-29(24,25)16-19-18-15(28-16)13-4-6-14(7-5-13)26-11-10-20-8-2-1-3-9-20/h1-9,17H,10-12H2,(H-,21,22,23)/p+1. The third-order valence-electron chi connectivity index (χ3n) is 3.59. The Bertz CT molecular complexity index is 1100. The molecule has 0 radical (unpaired) electrons. The fourth-order valence-electron chi connectivity index (χ4n) is 2.21. The number of hydrogen-bond donors (Lipinski definition) is 3. The van der Waals surface area contributed by atoms with Gasteiger partial charge in [-0.25, -0.2) is 13.0 Å². The number of hydrogen-bond acceptors (Lipinski definition) is 7. The molecule has 0 saturated heterocycles. The lowest BCUT2D eigenvalue weighted by Crippen LogP contribution is -2.35. The molecule has 10 nitrogen and oxygen atoms in total. The van der Waals surface area contributed by atoms with E-state index in [1.54, 1.807) is 24.3 Å². The zero-order valence-electron chi connectivity index (χ0n) is 15.0. The van der Waals surface area contributed by atoms with Crippen LogP contribution in [0.5, 0.6) is 5.75 Å². The smallest absolute Gasteiger partial charge is 0.340 e. The van der Waals surface area contributed by atoms with Crippen LogP contribution in [0.25, 0.3) is 10.6 Å². The van der Waals surface area contributed by atoms with Crippen molar-refractivity contribution < 1.29 is 32.1 Å². The minimum atomic E-state index is -4.52.